The molecule has 0 spiro atoms. The van der Waals surface area contributed by atoms with Gasteiger partial charge in [0.15, 0.2) is 0 Å². The van der Waals surface area contributed by atoms with Crippen molar-refractivity contribution in [1.82, 2.24) is 0 Å². The van der Waals surface area contributed by atoms with Crippen LogP contribution < -0.4 is 4.74 Å². The SMILES string of the molecule is CC.CC.CC(C)C.CCCCCCCCCCC(=O)Oc1ccc(CO)cc1. The Balaban J connectivity index is -0.000000733. The highest BCUT2D eigenvalue weighted by atomic mass is 16.5. The van der Waals surface area contributed by atoms with Crippen LogP contribution in [0.15, 0.2) is 24.3 Å². The molecule has 3 heteroatoms. The summed E-state index contributed by atoms with van der Waals surface area (Å²) in [6.07, 6.45) is 10.2. The van der Waals surface area contributed by atoms with Crippen LogP contribution in [-0.4, -0.2) is 11.1 Å². The second-order valence-electron chi connectivity index (χ2n) is 7.23. The van der Waals surface area contributed by atoms with Gasteiger partial charge in [0.2, 0.25) is 0 Å². The molecule has 1 rings (SSSR count). The van der Waals surface area contributed by atoms with Crippen LogP contribution in [0.2, 0.25) is 0 Å². The Morgan fingerprint density at radius 2 is 1.24 bits per heavy atom. The molecule has 172 valence electrons. The van der Waals surface area contributed by atoms with Crippen LogP contribution in [0, 0.1) is 5.92 Å². The van der Waals surface area contributed by atoms with Gasteiger partial charge in [-0.3, -0.25) is 4.79 Å². The van der Waals surface area contributed by atoms with Gasteiger partial charge in [0.05, 0.1) is 6.61 Å². The number of aliphatic hydroxyl groups is 1. The molecular formula is C26H50O3. The van der Waals surface area contributed by atoms with Crippen LogP contribution in [-0.2, 0) is 11.4 Å². The summed E-state index contributed by atoms with van der Waals surface area (Å²) in [5, 5.41) is 8.94. The summed E-state index contributed by atoms with van der Waals surface area (Å²) in [4.78, 5) is 11.7. The van der Waals surface area contributed by atoms with Crippen molar-refractivity contribution in [3.05, 3.63) is 29.8 Å². The normalized spacial score (nSPS) is 9.31. The summed E-state index contributed by atoms with van der Waals surface area (Å²) in [6, 6.07) is 6.96. The van der Waals surface area contributed by atoms with Crippen molar-refractivity contribution >= 4 is 5.97 Å². The Labute approximate surface area is 182 Å². The summed E-state index contributed by atoms with van der Waals surface area (Å²) < 4.78 is 5.25. The molecule has 0 aromatic heterocycles. The number of ether oxygens (including phenoxy) is 1. The number of hydrogen-bond acceptors (Lipinski definition) is 3. The molecule has 0 bridgehead atoms. The van der Waals surface area contributed by atoms with E-state index in [1.165, 1.54) is 38.5 Å². The number of unbranched alkanes of at least 4 members (excludes halogenated alkanes) is 7. The Morgan fingerprint density at radius 1 is 0.828 bits per heavy atom. The number of hydrogen-bond donors (Lipinski definition) is 1. The van der Waals surface area contributed by atoms with Crippen molar-refractivity contribution in [2.75, 3.05) is 0 Å². The molecule has 0 saturated carbocycles. The molecule has 0 aliphatic heterocycles. The zero-order chi connectivity index (χ0) is 22.9. The molecule has 0 saturated heterocycles. The third kappa shape index (κ3) is 26.6. The van der Waals surface area contributed by atoms with Gasteiger partial charge in [-0.1, -0.05) is 112 Å². The summed E-state index contributed by atoms with van der Waals surface area (Å²) >= 11 is 0. The second kappa shape index (κ2) is 26.6. The number of rotatable bonds is 11. The van der Waals surface area contributed by atoms with Crippen molar-refractivity contribution in [3.8, 4) is 5.75 Å². The zero-order valence-electron chi connectivity index (χ0n) is 20.7. The Hall–Kier alpha value is -1.35. The lowest BCUT2D eigenvalue weighted by atomic mass is 10.1. The van der Waals surface area contributed by atoms with E-state index in [-0.39, 0.29) is 12.6 Å². The summed E-state index contributed by atoms with van der Waals surface area (Å²) in [5.41, 5.74) is 0.817. The lowest BCUT2D eigenvalue weighted by molar-refractivity contribution is -0.134. The van der Waals surface area contributed by atoms with Gasteiger partial charge in [0.25, 0.3) is 0 Å². The van der Waals surface area contributed by atoms with Crippen LogP contribution in [0.4, 0.5) is 0 Å². The molecule has 1 N–H and O–H groups in total. The number of carbonyl (C=O) groups excluding carboxylic acids is 1. The van der Waals surface area contributed by atoms with Crippen LogP contribution in [0.25, 0.3) is 0 Å². The van der Waals surface area contributed by atoms with Gasteiger partial charge in [-0.05, 0) is 30.0 Å². The second-order valence-corrected chi connectivity index (χ2v) is 7.23. The first-order valence-corrected chi connectivity index (χ1v) is 11.9. The van der Waals surface area contributed by atoms with Gasteiger partial charge in [0, 0.05) is 6.42 Å². The van der Waals surface area contributed by atoms with E-state index in [9.17, 15) is 4.79 Å². The molecule has 0 aliphatic rings. The van der Waals surface area contributed by atoms with E-state index in [0.29, 0.717) is 12.2 Å². The molecule has 0 fully saturated rings. The third-order valence-electron chi connectivity index (χ3n) is 3.57. The van der Waals surface area contributed by atoms with E-state index in [1.54, 1.807) is 24.3 Å². The summed E-state index contributed by atoms with van der Waals surface area (Å²) in [6.45, 7) is 16.7. The molecule has 1 aromatic rings. The molecule has 0 aliphatic carbocycles. The topological polar surface area (TPSA) is 46.5 Å². The van der Waals surface area contributed by atoms with Gasteiger partial charge in [0.1, 0.15) is 5.75 Å². The van der Waals surface area contributed by atoms with Crippen molar-refractivity contribution in [1.29, 1.82) is 0 Å². The Morgan fingerprint density at radius 3 is 1.66 bits per heavy atom. The molecule has 3 nitrogen and oxygen atoms in total. The molecule has 0 atom stereocenters. The van der Waals surface area contributed by atoms with Gasteiger partial charge in [-0.2, -0.15) is 0 Å². The minimum absolute atomic E-state index is 0.00643. The quantitative estimate of drug-likeness (QED) is 0.226. The van der Waals surface area contributed by atoms with Crippen LogP contribution >= 0.6 is 0 Å². The fraction of sp³-hybridized carbons (Fsp3) is 0.731. The largest absolute Gasteiger partial charge is 0.427 e. The molecular weight excluding hydrogens is 360 g/mol. The van der Waals surface area contributed by atoms with Crippen molar-refractivity contribution in [2.45, 2.75) is 120 Å². The molecule has 0 unspecified atom stereocenters. The van der Waals surface area contributed by atoms with Gasteiger partial charge < -0.3 is 9.84 Å². The standard InChI is InChI=1S/C18H28O3.C4H10.2C2H6/c1-2-3-4-5-6-7-8-9-10-18(20)21-17-13-11-16(15-19)12-14-17;1-4(2)3;2*1-2/h11-14,19H,2-10,15H2,1H3;4H,1-3H3;2*1-2H3. The summed E-state index contributed by atoms with van der Waals surface area (Å²) in [5.74, 6) is 1.22. The minimum Gasteiger partial charge on any atom is -0.427 e. The first kappa shape index (κ1) is 32.3. The highest BCUT2D eigenvalue weighted by molar-refractivity contribution is 5.72. The molecule has 0 heterocycles. The number of esters is 1. The lowest BCUT2D eigenvalue weighted by Gasteiger charge is -2.05. The van der Waals surface area contributed by atoms with E-state index in [2.05, 4.69) is 27.7 Å². The van der Waals surface area contributed by atoms with E-state index in [4.69, 9.17) is 9.84 Å². The summed E-state index contributed by atoms with van der Waals surface area (Å²) in [7, 11) is 0. The Kier molecular flexibility index (Phi) is 29.7. The molecule has 0 radical (unpaired) electrons. The maximum absolute atomic E-state index is 11.7. The average molecular weight is 411 g/mol. The highest BCUT2D eigenvalue weighted by Crippen LogP contribution is 2.14. The maximum atomic E-state index is 11.7. The molecule has 0 amide bonds. The average Bonchev–Trinajstić information content (AvgIpc) is 2.73. The predicted octanol–water partition coefficient (Wildman–Crippen LogP) is 8.33. The van der Waals surface area contributed by atoms with Crippen molar-refractivity contribution in [2.24, 2.45) is 5.92 Å². The molecule has 29 heavy (non-hydrogen) atoms. The van der Waals surface area contributed by atoms with Crippen molar-refractivity contribution < 1.29 is 14.6 Å². The zero-order valence-corrected chi connectivity index (χ0v) is 20.7. The molecule has 1 aromatic carbocycles. The first-order valence-electron chi connectivity index (χ1n) is 11.9. The van der Waals surface area contributed by atoms with E-state index in [0.717, 1.165) is 24.3 Å². The first-order chi connectivity index (χ1) is 14.0. The predicted molar refractivity (Wildman–Crippen MR) is 128 cm³/mol. The van der Waals surface area contributed by atoms with Gasteiger partial charge in [-0.15, -0.1) is 0 Å². The van der Waals surface area contributed by atoms with Crippen molar-refractivity contribution in [3.63, 3.8) is 0 Å². The fourth-order valence-electron chi connectivity index (χ4n) is 2.25. The van der Waals surface area contributed by atoms with E-state index < -0.39 is 0 Å². The third-order valence-corrected chi connectivity index (χ3v) is 3.57. The maximum Gasteiger partial charge on any atom is 0.311 e. The monoisotopic (exact) mass is 410 g/mol. The number of carbonyl (C=O) groups is 1. The van der Waals surface area contributed by atoms with Crippen LogP contribution in [0.3, 0.4) is 0 Å². The lowest BCUT2D eigenvalue weighted by Crippen LogP contribution is -2.07. The number of benzene rings is 1. The van der Waals surface area contributed by atoms with Gasteiger partial charge >= 0.3 is 5.97 Å². The van der Waals surface area contributed by atoms with Crippen LogP contribution in [0.5, 0.6) is 5.75 Å². The van der Waals surface area contributed by atoms with E-state index >= 15 is 0 Å². The number of aliphatic hydroxyl groups excluding tert-OH is 1. The van der Waals surface area contributed by atoms with Crippen LogP contribution in [0.1, 0.15) is 119 Å². The fourth-order valence-corrected chi connectivity index (χ4v) is 2.25. The highest BCUT2D eigenvalue weighted by Gasteiger charge is 2.04. The van der Waals surface area contributed by atoms with Gasteiger partial charge in [-0.25, -0.2) is 0 Å². The van der Waals surface area contributed by atoms with E-state index in [1.807, 2.05) is 27.7 Å². The smallest absolute Gasteiger partial charge is 0.311 e. The Bertz CT molecular complexity index is 421. The minimum atomic E-state index is -0.169.